The molecule has 1 aliphatic heterocycles. The first-order valence-electron chi connectivity index (χ1n) is 10.9. The van der Waals surface area contributed by atoms with Crippen LogP contribution in [-0.4, -0.2) is 63.9 Å². The third-order valence-corrected chi connectivity index (χ3v) is 5.97. The predicted molar refractivity (Wildman–Crippen MR) is 112 cm³/mol. The van der Waals surface area contributed by atoms with E-state index < -0.39 is 77.4 Å². The summed E-state index contributed by atoms with van der Waals surface area (Å²) in [6.45, 7) is 13.1. The Bertz CT molecular complexity index is 782. The number of aliphatic hydroxyl groups is 2. The molecule has 0 bridgehead atoms. The van der Waals surface area contributed by atoms with Crippen LogP contribution < -0.4 is 0 Å². The van der Waals surface area contributed by atoms with Gasteiger partial charge in [0.25, 0.3) is 0 Å². The molecule has 1 aliphatic carbocycles. The number of fused-ring (bicyclic) bond motifs is 1. The zero-order valence-electron chi connectivity index (χ0n) is 19.5. The van der Waals surface area contributed by atoms with Crippen LogP contribution in [0, 0.1) is 23.7 Å². The molecule has 2 N–H and O–H groups in total. The number of hydrogen-bond acceptors (Lipinski definition) is 9. The average Bonchev–Trinajstić information content (AvgIpc) is 2.95. The van der Waals surface area contributed by atoms with Gasteiger partial charge < -0.3 is 24.4 Å². The van der Waals surface area contributed by atoms with E-state index in [1.165, 1.54) is 6.92 Å². The molecule has 2 rings (SSSR count). The Morgan fingerprint density at radius 2 is 1.66 bits per heavy atom. The number of esters is 3. The van der Waals surface area contributed by atoms with Crippen LogP contribution in [0.2, 0.25) is 0 Å². The summed E-state index contributed by atoms with van der Waals surface area (Å²) in [5.74, 6) is -5.69. The second kappa shape index (κ2) is 9.70. The molecule has 0 radical (unpaired) electrons. The number of rotatable bonds is 4. The van der Waals surface area contributed by atoms with Crippen molar-refractivity contribution in [2.24, 2.45) is 23.7 Å². The van der Waals surface area contributed by atoms with Gasteiger partial charge in [-0.3, -0.25) is 14.4 Å². The molecule has 0 unspecified atom stereocenters. The van der Waals surface area contributed by atoms with E-state index in [4.69, 9.17) is 14.2 Å². The molecule has 0 amide bonds. The molecule has 1 heterocycles. The van der Waals surface area contributed by atoms with E-state index in [0.717, 1.165) is 0 Å². The van der Waals surface area contributed by atoms with Gasteiger partial charge >= 0.3 is 17.9 Å². The van der Waals surface area contributed by atoms with E-state index in [2.05, 4.69) is 6.58 Å². The van der Waals surface area contributed by atoms with E-state index in [1.54, 1.807) is 34.6 Å². The van der Waals surface area contributed by atoms with Gasteiger partial charge in [-0.15, -0.1) is 0 Å². The molecule has 7 atom stereocenters. The highest BCUT2D eigenvalue weighted by Gasteiger charge is 2.57. The van der Waals surface area contributed by atoms with Crippen LogP contribution in [0.15, 0.2) is 12.2 Å². The quantitative estimate of drug-likeness (QED) is 0.366. The Balaban J connectivity index is 2.63. The molecule has 9 heteroatoms. The first-order valence-corrected chi connectivity index (χ1v) is 10.9. The summed E-state index contributed by atoms with van der Waals surface area (Å²) in [4.78, 5) is 50.6. The van der Waals surface area contributed by atoms with Gasteiger partial charge in [-0.05, 0) is 13.3 Å². The Labute approximate surface area is 188 Å². The molecular weight excluding hydrogens is 420 g/mol. The summed E-state index contributed by atoms with van der Waals surface area (Å²) < 4.78 is 16.5. The van der Waals surface area contributed by atoms with Crippen molar-refractivity contribution in [3.05, 3.63) is 12.2 Å². The highest BCUT2D eigenvalue weighted by atomic mass is 16.6. The number of ether oxygens (including phenoxy) is 3. The standard InChI is InChI=1S/C23H34O9/c1-10(2)20(26)30-17-15-13(6)22(28)31-18(15)19(32-21(27)11(3)4)23(7,29)9-14(24)8-12(5)16(17)25/h10-12,14-15,17-19,24,29H,6,8-9H2,1-5,7H3/t12-,14-,15-,17-,18+,19-,23+/m0/s1. The van der Waals surface area contributed by atoms with Gasteiger partial charge in [-0.1, -0.05) is 41.2 Å². The Morgan fingerprint density at radius 3 is 2.19 bits per heavy atom. The molecule has 180 valence electrons. The first-order chi connectivity index (χ1) is 14.7. The molecule has 1 saturated heterocycles. The molecule has 1 saturated carbocycles. The molecular formula is C23H34O9. The van der Waals surface area contributed by atoms with E-state index >= 15 is 0 Å². The van der Waals surface area contributed by atoms with E-state index in [1.807, 2.05) is 0 Å². The van der Waals surface area contributed by atoms with Crippen molar-refractivity contribution in [3.63, 3.8) is 0 Å². The Hall–Kier alpha value is -2.26. The molecule has 0 aromatic heterocycles. The lowest BCUT2D eigenvalue weighted by molar-refractivity contribution is -0.199. The van der Waals surface area contributed by atoms with Crippen LogP contribution in [-0.2, 0) is 33.4 Å². The zero-order valence-corrected chi connectivity index (χ0v) is 19.5. The molecule has 2 aliphatic rings. The molecule has 0 spiro atoms. The Morgan fingerprint density at radius 1 is 1.12 bits per heavy atom. The van der Waals surface area contributed by atoms with Gasteiger partial charge in [-0.25, -0.2) is 4.79 Å². The summed E-state index contributed by atoms with van der Waals surface area (Å²) in [5.41, 5.74) is -1.93. The number of carbonyl (C=O) groups is 4. The number of Topliss-reactive ketones (excluding diaryl/α,β-unsaturated/α-hetero) is 1. The molecule has 2 fully saturated rings. The highest BCUT2D eigenvalue weighted by molar-refractivity contribution is 5.95. The van der Waals surface area contributed by atoms with E-state index in [-0.39, 0.29) is 18.4 Å². The second-order valence-corrected chi connectivity index (χ2v) is 9.70. The zero-order chi connectivity index (χ0) is 24.5. The smallest absolute Gasteiger partial charge is 0.334 e. The molecule has 0 aromatic rings. The number of hydrogen-bond donors (Lipinski definition) is 2. The third-order valence-electron chi connectivity index (χ3n) is 5.97. The summed E-state index contributed by atoms with van der Waals surface area (Å²) in [6, 6.07) is 0. The number of aliphatic hydroxyl groups excluding tert-OH is 1. The fraction of sp³-hybridized carbons (Fsp3) is 0.739. The summed E-state index contributed by atoms with van der Waals surface area (Å²) in [6.07, 6.45) is -5.59. The van der Waals surface area contributed by atoms with Crippen LogP contribution >= 0.6 is 0 Å². The van der Waals surface area contributed by atoms with Gasteiger partial charge in [-0.2, -0.15) is 0 Å². The average molecular weight is 455 g/mol. The normalized spacial score (nSPS) is 36.0. The maximum atomic E-state index is 13.3. The van der Waals surface area contributed by atoms with Gasteiger partial charge in [0.15, 0.2) is 24.1 Å². The number of ketones is 1. The van der Waals surface area contributed by atoms with Crippen molar-refractivity contribution < 1.29 is 43.6 Å². The summed E-state index contributed by atoms with van der Waals surface area (Å²) >= 11 is 0. The van der Waals surface area contributed by atoms with E-state index in [0.29, 0.717) is 0 Å². The van der Waals surface area contributed by atoms with Gasteiger partial charge in [0.1, 0.15) is 5.60 Å². The second-order valence-electron chi connectivity index (χ2n) is 9.70. The topological polar surface area (TPSA) is 136 Å². The van der Waals surface area contributed by atoms with Crippen LogP contribution in [0.25, 0.3) is 0 Å². The molecule has 9 nitrogen and oxygen atoms in total. The van der Waals surface area contributed by atoms with Gasteiger partial charge in [0.05, 0.1) is 23.9 Å². The fourth-order valence-corrected chi connectivity index (χ4v) is 4.07. The van der Waals surface area contributed by atoms with Crippen LogP contribution in [0.1, 0.15) is 54.4 Å². The molecule has 0 aromatic carbocycles. The van der Waals surface area contributed by atoms with Crippen molar-refractivity contribution in [2.75, 3.05) is 0 Å². The lowest BCUT2D eigenvalue weighted by atomic mass is 9.75. The van der Waals surface area contributed by atoms with Crippen molar-refractivity contribution in [1.29, 1.82) is 0 Å². The summed E-state index contributed by atoms with van der Waals surface area (Å²) in [5, 5.41) is 21.8. The SMILES string of the molecule is C=C1C(=O)O[C@@H]2[C@@H]1[C@H](OC(=O)C(C)C)C(=O)[C@@H](C)C[C@H](O)C[C@@](C)(O)[C@H]2OC(=O)C(C)C. The minimum Gasteiger partial charge on any atom is -0.455 e. The van der Waals surface area contributed by atoms with Crippen LogP contribution in [0.5, 0.6) is 0 Å². The lowest BCUT2D eigenvalue weighted by Crippen LogP contribution is -2.57. The van der Waals surface area contributed by atoms with Crippen molar-refractivity contribution in [3.8, 4) is 0 Å². The first kappa shape index (κ1) is 26.0. The fourth-order valence-electron chi connectivity index (χ4n) is 4.07. The predicted octanol–water partition coefficient (Wildman–Crippen LogP) is 1.33. The number of carbonyl (C=O) groups excluding carboxylic acids is 4. The van der Waals surface area contributed by atoms with E-state index in [9.17, 15) is 29.4 Å². The third kappa shape index (κ3) is 5.38. The monoisotopic (exact) mass is 454 g/mol. The van der Waals surface area contributed by atoms with Crippen molar-refractivity contribution in [2.45, 2.75) is 84.4 Å². The van der Waals surface area contributed by atoms with Crippen LogP contribution in [0.3, 0.4) is 0 Å². The highest BCUT2D eigenvalue weighted by Crippen LogP contribution is 2.41. The lowest BCUT2D eigenvalue weighted by Gasteiger charge is -2.41. The summed E-state index contributed by atoms with van der Waals surface area (Å²) in [7, 11) is 0. The largest absolute Gasteiger partial charge is 0.455 e. The minimum atomic E-state index is -1.81. The minimum absolute atomic E-state index is 0.0196. The van der Waals surface area contributed by atoms with Gasteiger partial charge in [0, 0.05) is 17.9 Å². The maximum Gasteiger partial charge on any atom is 0.334 e. The van der Waals surface area contributed by atoms with Crippen molar-refractivity contribution in [1.82, 2.24) is 0 Å². The Kier molecular flexibility index (Phi) is 7.88. The van der Waals surface area contributed by atoms with Crippen molar-refractivity contribution >= 4 is 23.7 Å². The molecule has 32 heavy (non-hydrogen) atoms. The maximum absolute atomic E-state index is 13.3. The van der Waals surface area contributed by atoms with Gasteiger partial charge in [0.2, 0.25) is 0 Å². The van der Waals surface area contributed by atoms with Crippen LogP contribution in [0.4, 0.5) is 0 Å².